The average molecular weight is 572 g/mol. The van der Waals surface area contributed by atoms with Gasteiger partial charge in [-0.2, -0.15) is 0 Å². The summed E-state index contributed by atoms with van der Waals surface area (Å²) >= 11 is 6.17. The quantitative estimate of drug-likeness (QED) is 0.365. The summed E-state index contributed by atoms with van der Waals surface area (Å²) in [4.78, 5) is 28.3. The molecule has 0 bridgehead atoms. The summed E-state index contributed by atoms with van der Waals surface area (Å²) in [6, 6.07) is 18.8. The van der Waals surface area contributed by atoms with Gasteiger partial charge in [-0.25, -0.2) is 12.8 Å². The molecule has 7 nitrogen and oxygen atoms in total. The molecule has 0 saturated heterocycles. The van der Waals surface area contributed by atoms with Crippen LogP contribution in [0.1, 0.15) is 38.2 Å². The molecule has 2 amide bonds. The van der Waals surface area contributed by atoms with E-state index in [0.29, 0.717) is 10.6 Å². The van der Waals surface area contributed by atoms with Gasteiger partial charge in [-0.1, -0.05) is 54.8 Å². The lowest BCUT2D eigenvalue weighted by atomic mass is 10.1. The van der Waals surface area contributed by atoms with Crippen molar-refractivity contribution in [1.82, 2.24) is 10.2 Å². The number of para-hydroxylation sites is 1. The van der Waals surface area contributed by atoms with Crippen LogP contribution in [-0.2, 0) is 26.2 Å². The number of carbonyl (C=O) groups excluding carboxylic acids is 2. The number of rotatable bonds is 10. The Balaban J connectivity index is 1.66. The molecule has 10 heteroatoms. The SMILES string of the molecule is C[C@H](C(=O)NC1CCCC1)N(Cc1cccc(Cl)c1)C(=O)CN(c1ccccc1)S(=O)(=O)c1ccc(F)cc1. The van der Waals surface area contributed by atoms with Gasteiger partial charge in [0.15, 0.2) is 0 Å². The normalized spacial score (nSPS) is 14.5. The Hall–Kier alpha value is -3.43. The predicted octanol–water partition coefficient (Wildman–Crippen LogP) is 5.15. The number of nitrogens with zero attached hydrogens (tertiary/aromatic N) is 2. The molecule has 1 fully saturated rings. The second-order valence-corrected chi connectivity index (χ2v) is 11.9. The number of sulfonamides is 1. The van der Waals surface area contributed by atoms with Crippen LogP contribution >= 0.6 is 11.6 Å². The molecule has 3 aromatic rings. The van der Waals surface area contributed by atoms with E-state index in [1.807, 2.05) is 0 Å². The Morgan fingerprint density at radius 2 is 1.67 bits per heavy atom. The molecule has 1 saturated carbocycles. The maximum absolute atomic E-state index is 13.9. The van der Waals surface area contributed by atoms with Gasteiger partial charge >= 0.3 is 0 Å². The van der Waals surface area contributed by atoms with E-state index < -0.39 is 34.3 Å². The van der Waals surface area contributed by atoms with Crippen LogP contribution in [0.2, 0.25) is 5.02 Å². The van der Waals surface area contributed by atoms with Gasteiger partial charge in [0.1, 0.15) is 18.4 Å². The van der Waals surface area contributed by atoms with Crippen LogP contribution in [0.5, 0.6) is 0 Å². The van der Waals surface area contributed by atoms with Crippen molar-refractivity contribution in [3.63, 3.8) is 0 Å². The predicted molar refractivity (Wildman–Crippen MR) is 149 cm³/mol. The number of hydrogen-bond acceptors (Lipinski definition) is 4. The van der Waals surface area contributed by atoms with Crippen LogP contribution in [0.25, 0.3) is 0 Å². The van der Waals surface area contributed by atoms with Gasteiger partial charge in [0.2, 0.25) is 11.8 Å². The van der Waals surface area contributed by atoms with Crippen LogP contribution in [0.3, 0.4) is 0 Å². The molecule has 0 radical (unpaired) electrons. The van der Waals surface area contributed by atoms with Crippen LogP contribution < -0.4 is 9.62 Å². The third-order valence-electron chi connectivity index (χ3n) is 6.84. The van der Waals surface area contributed by atoms with Crippen LogP contribution in [0, 0.1) is 5.82 Å². The molecule has 0 aromatic heterocycles. The smallest absolute Gasteiger partial charge is 0.264 e. The van der Waals surface area contributed by atoms with Crippen molar-refractivity contribution in [3.05, 3.63) is 95.3 Å². The minimum atomic E-state index is -4.25. The lowest BCUT2D eigenvalue weighted by molar-refractivity contribution is -0.139. The number of halogens is 2. The third-order valence-corrected chi connectivity index (χ3v) is 8.86. The van der Waals surface area contributed by atoms with Gasteiger partial charge in [0.25, 0.3) is 10.0 Å². The van der Waals surface area contributed by atoms with E-state index in [9.17, 15) is 22.4 Å². The van der Waals surface area contributed by atoms with Gasteiger partial charge in [-0.3, -0.25) is 13.9 Å². The minimum Gasteiger partial charge on any atom is -0.352 e. The van der Waals surface area contributed by atoms with E-state index in [1.54, 1.807) is 61.5 Å². The molecule has 0 spiro atoms. The molecule has 1 atom stereocenters. The Kier molecular flexibility index (Phi) is 9.24. The molecule has 206 valence electrons. The number of hydrogen-bond donors (Lipinski definition) is 1. The van der Waals surface area contributed by atoms with E-state index in [2.05, 4.69) is 5.32 Å². The average Bonchev–Trinajstić information content (AvgIpc) is 3.43. The summed E-state index contributed by atoms with van der Waals surface area (Å²) < 4.78 is 41.9. The van der Waals surface area contributed by atoms with Crippen molar-refractivity contribution in [3.8, 4) is 0 Å². The summed E-state index contributed by atoms with van der Waals surface area (Å²) in [5.74, 6) is -1.45. The lowest BCUT2D eigenvalue weighted by Gasteiger charge is -2.32. The molecule has 39 heavy (non-hydrogen) atoms. The van der Waals surface area contributed by atoms with Crippen molar-refractivity contribution in [1.29, 1.82) is 0 Å². The van der Waals surface area contributed by atoms with Gasteiger partial charge in [-0.15, -0.1) is 0 Å². The molecule has 1 N–H and O–H groups in total. The highest BCUT2D eigenvalue weighted by molar-refractivity contribution is 7.92. The van der Waals surface area contributed by atoms with Gasteiger partial charge in [0.05, 0.1) is 10.6 Å². The Bertz CT molecular complexity index is 1400. The summed E-state index contributed by atoms with van der Waals surface area (Å²) in [5, 5.41) is 3.51. The fourth-order valence-electron chi connectivity index (χ4n) is 4.66. The summed E-state index contributed by atoms with van der Waals surface area (Å²) in [6.07, 6.45) is 3.85. The van der Waals surface area contributed by atoms with Gasteiger partial charge in [0, 0.05) is 17.6 Å². The van der Waals surface area contributed by atoms with Crippen LogP contribution in [0.15, 0.2) is 83.8 Å². The molecule has 0 heterocycles. The number of nitrogens with one attached hydrogen (secondary N) is 1. The highest BCUT2D eigenvalue weighted by Crippen LogP contribution is 2.25. The molecular formula is C29H31ClFN3O4S. The largest absolute Gasteiger partial charge is 0.352 e. The minimum absolute atomic E-state index is 0.0534. The fourth-order valence-corrected chi connectivity index (χ4v) is 6.29. The first-order valence-electron chi connectivity index (χ1n) is 12.8. The second kappa shape index (κ2) is 12.6. The van der Waals surface area contributed by atoms with Crippen molar-refractivity contribution in [2.45, 2.75) is 56.1 Å². The van der Waals surface area contributed by atoms with Crippen molar-refractivity contribution < 1.29 is 22.4 Å². The molecule has 4 rings (SSSR count). The van der Waals surface area contributed by atoms with Crippen molar-refractivity contribution >= 4 is 39.1 Å². The van der Waals surface area contributed by atoms with Gasteiger partial charge < -0.3 is 10.2 Å². The standard InChI is InChI=1S/C29H31ClFN3O4S/c1-21(29(36)32-25-10-5-6-11-25)33(19-22-8-7-9-23(30)18-22)28(35)20-34(26-12-3-2-4-13-26)39(37,38)27-16-14-24(31)15-17-27/h2-4,7-9,12-18,21,25H,5-6,10-11,19-20H2,1H3,(H,32,36)/t21-/m1/s1. The first kappa shape index (κ1) is 28.6. The zero-order valence-corrected chi connectivity index (χ0v) is 23.2. The fraction of sp³-hybridized carbons (Fsp3) is 0.310. The first-order valence-corrected chi connectivity index (χ1v) is 14.6. The van der Waals surface area contributed by atoms with E-state index in [1.165, 1.54) is 4.90 Å². The number of benzene rings is 3. The molecular weight excluding hydrogens is 541 g/mol. The molecule has 3 aromatic carbocycles. The Labute approximate surface area is 233 Å². The summed E-state index contributed by atoms with van der Waals surface area (Å²) in [6.45, 7) is 1.12. The monoisotopic (exact) mass is 571 g/mol. The highest BCUT2D eigenvalue weighted by Gasteiger charge is 2.33. The molecule has 1 aliphatic rings. The van der Waals surface area contributed by atoms with Crippen molar-refractivity contribution in [2.24, 2.45) is 0 Å². The maximum atomic E-state index is 13.9. The first-order chi connectivity index (χ1) is 18.6. The lowest BCUT2D eigenvalue weighted by Crippen LogP contribution is -2.52. The zero-order chi connectivity index (χ0) is 28.0. The number of anilines is 1. The van der Waals surface area contributed by atoms with Gasteiger partial charge in [-0.05, 0) is 73.9 Å². The number of amides is 2. The molecule has 0 unspecified atom stereocenters. The third kappa shape index (κ3) is 7.16. The molecule has 0 aliphatic heterocycles. The van der Waals surface area contributed by atoms with Crippen LogP contribution in [0.4, 0.5) is 10.1 Å². The number of carbonyl (C=O) groups is 2. The second-order valence-electron chi connectivity index (χ2n) is 9.62. The zero-order valence-electron chi connectivity index (χ0n) is 21.6. The van der Waals surface area contributed by atoms with E-state index in [-0.39, 0.29) is 29.1 Å². The molecule has 1 aliphatic carbocycles. The topological polar surface area (TPSA) is 86.8 Å². The Morgan fingerprint density at radius 1 is 1.00 bits per heavy atom. The van der Waals surface area contributed by atoms with Crippen LogP contribution in [-0.4, -0.2) is 43.8 Å². The highest BCUT2D eigenvalue weighted by atomic mass is 35.5. The summed E-state index contributed by atoms with van der Waals surface area (Å²) in [5.41, 5.74) is 0.963. The van der Waals surface area contributed by atoms with Crippen molar-refractivity contribution in [2.75, 3.05) is 10.8 Å². The van der Waals surface area contributed by atoms with E-state index >= 15 is 0 Å². The Morgan fingerprint density at radius 3 is 2.31 bits per heavy atom. The maximum Gasteiger partial charge on any atom is 0.264 e. The summed E-state index contributed by atoms with van der Waals surface area (Å²) in [7, 11) is -4.25. The van der Waals surface area contributed by atoms with E-state index in [4.69, 9.17) is 11.6 Å². The van der Waals surface area contributed by atoms with E-state index in [0.717, 1.165) is 54.3 Å².